The van der Waals surface area contributed by atoms with Gasteiger partial charge in [0.05, 0.1) is 6.10 Å². The van der Waals surface area contributed by atoms with Gasteiger partial charge in [0.15, 0.2) is 0 Å². The molecule has 3 aromatic carbocycles. The summed E-state index contributed by atoms with van der Waals surface area (Å²) >= 11 is 0. The second kappa shape index (κ2) is 9.19. The molecular weight excluding hydrogens is 288 g/mol. The van der Waals surface area contributed by atoms with Gasteiger partial charge in [0.1, 0.15) is 5.75 Å². The van der Waals surface area contributed by atoms with Crippen molar-refractivity contribution in [2.45, 2.75) is 13.0 Å². The van der Waals surface area contributed by atoms with Crippen molar-refractivity contribution >= 4 is 0 Å². The van der Waals surface area contributed by atoms with Crippen LogP contribution in [0.4, 0.5) is 0 Å². The molecule has 0 saturated heterocycles. The van der Waals surface area contributed by atoms with E-state index in [2.05, 4.69) is 19.1 Å². The molecular formula is C18H18FeO. The molecule has 3 rings (SSSR count). The van der Waals surface area contributed by atoms with Crippen LogP contribution in [0.25, 0.3) is 0 Å². The summed E-state index contributed by atoms with van der Waals surface area (Å²) in [5.41, 5.74) is 1.22. The van der Waals surface area contributed by atoms with Gasteiger partial charge in [0.25, 0.3) is 0 Å². The molecule has 0 amide bonds. The van der Waals surface area contributed by atoms with Crippen molar-refractivity contribution < 1.29 is 21.8 Å². The number of para-hydroxylation sites is 1. The van der Waals surface area contributed by atoms with Gasteiger partial charge in [0, 0.05) is 0 Å². The van der Waals surface area contributed by atoms with Gasteiger partial charge in [-0.1, -0.05) is 18.2 Å². The Balaban J connectivity index is 0.000000283. The maximum absolute atomic E-state index is 5.76. The Bertz CT molecular complexity index is 509. The van der Waals surface area contributed by atoms with Crippen LogP contribution in [0.2, 0.25) is 0 Å². The van der Waals surface area contributed by atoms with Crippen LogP contribution in [-0.4, -0.2) is 0 Å². The van der Waals surface area contributed by atoms with Crippen molar-refractivity contribution in [1.29, 1.82) is 0 Å². The molecule has 1 unspecified atom stereocenters. The first-order valence-corrected chi connectivity index (χ1v) is 6.46. The van der Waals surface area contributed by atoms with E-state index in [0.29, 0.717) is 0 Å². The Hall–Kier alpha value is -1.76. The fourth-order valence-electron chi connectivity index (χ4n) is 1.75. The van der Waals surface area contributed by atoms with Gasteiger partial charge in [-0.3, -0.25) is 0 Å². The average molecular weight is 306 g/mol. The average Bonchev–Trinajstić information content (AvgIpc) is 3.16. The minimum absolute atomic E-state index is 0. The summed E-state index contributed by atoms with van der Waals surface area (Å²) in [4.78, 5) is 0. The van der Waals surface area contributed by atoms with Gasteiger partial charge < -0.3 is 4.74 Å². The number of hydrogen-bond acceptors (Lipinski definition) is 1. The van der Waals surface area contributed by atoms with Crippen LogP contribution < -0.4 is 4.74 Å². The number of rotatable bonds is 3. The van der Waals surface area contributed by atoms with Crippen LogP contribution in [0, 0.1) is 0 Å². The van der Waals surface area contributed by atoms with Gasteiger partial charge in [-0.15, -0.1) is 5.56 Å². The summed E-state index contributed by atoms with van der Waals surface area (Å²) in [6.07, 6.45) is 0.118. The van der Waals surface area contributed by atoms with E-state index in [1.807, 2.05) is 72.8 Å². The van der Waals surface area contributed by atoms with Crippen LogP contribution in [0.1, 0.15) is 18.6 Å². The maximum Gasteiger partial charge on any atom is 2.00 e. The van der Waals surface area contributed by atoms with Crippen molar-refractivity contribution in [3.63, 3.8) is 0 Å². The molecule has 0 heterocycles. The molecule has 0 spiro atoms. The predicted molar refractivity (Wildman–Crippen MR) is 79.6 cm³/mol. The first kappa shape index (κ1) is 16.3. The Morgan fingerprint density at radius 1 is 0.900 bits per heavy atom. The zero-order valence-electron chi connectivity index (χ0n) is 11.4. The first-order valence-electron chi connectivity index (χ1n) is 6.46. The Morgan fingerprint density at radius 2 is 1.50 bits per heavy atom. The van der Waals surface area contributed by atoms with Gasteiger partial charge in [0.2, 0.25) is 0 Å². The van der Waals surface area contributed by atoms with Gasteiger partial charge >= 0.3 is 17.1 Å². The molecule has 104 valence electrons. The summed E-state index contributed by atoms with van der Waals surface area (Å²) in [7, 11) is 0. The molecule has 0 aliphatic rings. The predicted octanol–water partition coefficient (Wildman–Crippen LogP) is 4.95. The van der Waals surface area contributed by atoms with Gasteiger partial charge in [-0.25, -0.2) is 24.3 Å². The molecule has 0 radical (unpaired) electrons. The zero-order chi connectivity index (χ0) is 13.3. The van der Waals surface area contributed by atoms with E-state index < -0.39 is 0 Å². The molecule has 3 aromatic rings. The monoisotopic (exact) mass is 306 g/mol. The van der Waals surface area contributed by atoms with E-state index in [-0.39, 0.29) is 23.2 Å². The molecule has 0 aromatic heterocycles. The second-order valence-electron chi connectivity index (χ2n) is 4.25. The number of benzene rings is 1. The first-order chi connectivity index (χ1) is 9.36. The third-order valence-electron chi connectivity index (χ3n) is 2.77. The molecule has 1 nitrogen and oxygen atoms in total. The zero-order valence-corrected chi connectivity index (χ0v) is 12.5. The van der Waals surface area contributed by atoms with Crippen LogP contribution >= 0.6 is 0 Å². The van der Waals surface area contributed by atoms with E-state index in [1.54, 1.807) is 0 Å². The fourth-order valence-corrected chi connectivity index (χ4v) is 1.75. The van der Waals surface area contributed by atoms with Crippen molar-refractivity contribution in [2.75, 3.05) is 0 Å². The molecule has 1 atom stereocenters. The van der Waals surface area contributed by atoms with Crippen LogP contribution in [-0.2, 0) is 17.1 Å². The number of hydrogen-bond donors (Lipinski definition) is 0. The topological polar surface area (TPSA) is 9.23 Å². The number of ether oxygens (including phenoxy) is 1. The van der Waals surface area contributed by atoms with Gasteiger partial charge in [-0.2, -0.15) is 30.3 Å². The summed E-state index contributed by atoms with van der Waals surface area (Å²) in [5, 5.41) is 0. The van der Waals surface area contributed by atoms with Crippen LogP contribution in [0.15, 0.2) is 84.9 Å². The summed E-state index contributed by atoms with van der Waals surface area (Å²) in [6.45, 7) is 2.06. The largest absolute Gasteiger partial charge is 2.00 e. The fraction of sp³-hybridized carbons (Fsp3) is 0.111. The molecule has 0 aliphatic heterocycles. The van der Waals surface area contributed by atoms with Crippen molar-refractivity contribution in [3.8, 4) is 5.75 Å². The van der Waals surface area contributed by atoms with Crippen LogP contribution in [0.3, 0.4) is 0 Å². The molecule has 0 fully saturated rings. The van der Waals surface area contributed by atoms with Crippen molar-refractivity contribution in [3.05, 3.63) is 90.5 Å². The van der Waals surface area contributed by atoms with Crippen molar-refractivity contribution in [1.82, 2.24) is 0 Å². The minimum atomic E-state index is 0. The van der Waals surface area contributed by atoms with Crippen molar-refractivity contribution in [2.24, 2.45) is 0 Å². The Labute approximate surface area is 131 Å². The molecule has 0 aliphatic carbocycles. The van der Waals surface area contributed by atoms with Crippen LogP contribution in [0.5, 0.6) is 5.75 Å². The van der Waals surface area contributed by atoms with E-state index >= 15 is 0 Å². The SMILES string of the molecule is CC(Oc1ccccc1)[c-]1cccc1.[Fe+2].c1cc[cH-]c1. The van der Waals surface area contributed by atoms with E-state index in [0.717, 1.165) is 5.75 Å². The standard InChI is InChI=1S/C13H13O.C5H5.Fe/c1-11(12-7-5-6-8-12)14-13-9-3-2-4-10-13;1-2-4-5-3-1;/h2-11H,1H3;1-5H;/q2*-1;+2. The Kier molecular flexibility index (Phi) is 7.49. The minimum Gasteiger partial charge on any atom is -0.498 e. The smallest absolute Gasteiger partial charge is 0.498 e. The summed E-state index contributed by atoms with van der Waals surface area (Å²) < 4.78 is 5.76. The maximum atomic E-state index is 5.76. The van der Waals surface area contributed by atoms with E-state index in [1.165, 1.54) is 5.56 Å². The molecule has 2 heteroatoms. The molecule has 0 bridgehead atoms. The quantitative estimate of drug-likeness (QED) is 0.491. The third kappa shape index (κ3) is 5.48. The second-order valence-corrected chi connectivity index (χ2v) is 4.25. The molecule has 0 N–H and O–H groups in total. The molecule has 20 heavy (non-hydrogen) atoms. The van der Waals surface area contributed by atoms with E-state index in [4.69, 9.17) is 4.74 Å². The normalized spacial score (nSPS) is 10.7. The molecule has 0 saturated carbocycles. The van der Waals surface area contributed by atoms with E-state index in [9.17, 15) is 0 Å². The Morgan fingerprint density at radius 3 is 2.00 bits per heavy atom. The summed E-state index contributed by atoms with van der Waals surface area (Å²) in [6, 6.07) is 28.1. The third-order valence-corrected chi connectivity index (χ3v) is 2.77. The summed E-state index contributed by atoms with van der Waals surface area (Å²) in [5.74, 6) is 0.918. The van der Waals surface area contributed by atoms with Gasteiger partial charge in [-0.05, 0) is 19.1 Å².